The number of nitrogens with one attached hydrogen (secondary N) is 1. The molecule has 1 amide bonds. The van der Waals surface area contributed by atoms with E-state index in [1.54, 1.807) is 6.07 Å². The summed E-state index contributed by atoms with van der Waals surface area (Å²) in [6.45, 7) is 0.318. The van der Waals surface area contributed by atoms with Crippen molar-refractivity contribution >= 4 is 5.91 Å². The van der Waals surface area contributed by atoms with Gasteiger partial charge in [0.1, 0.15) is 17.1 Å². The van der Waals surface area contributed by atoms with Gasteiger partial charge >= 0.3 is 12.5 Å². The molecule has 0 heterocycles. The van der Waals surface area contributed by atoms with Crippen LogP contribution in [0.5, 0.6) is 5.75 Å². The van der Waals surface area contributed by atoms with Gasteiger partial charge in [0, 0.05) is 5.56 Å². The lowest BCUT2D eigenvalue weighted by Gasteiger charge is -2.23. The summed E-state index contributed by atoms with van der Waals surface area (Å²) in [5.74, 6) is -2.48. The molecule has 0 aromatic heterocycles. The third-order valence-corrected chi connectivity index (χ3v) is 3.93. The van der Waals surface area contributed by atoms with Crippen LogP contribution in [0, 0.1) is 17.1 Å². The van der Waals surface area contributed by atoms with Gasteiger partial charge in [-0.3, -0.25) is 4.79 Å². The van der Waals surface area contributed by atoms with Crippen LogP contribution in [-0.4, -0.2) is 24.4 Å². The van der Waals surface area contributed by atoms with Crippen LogP contribution in [-0.2, 0) is 17.5 Å². The van der Waals surface area contributed by atoms with E-state index in [0.29, 0.717) is 12.1 Å². The average molecular weight is 464 g/mol. The van der Waals surface area contributed by atoms with Gasteiger partial charge < -0.3 is 14.8 Å². The minimum Gasteiger partial charge on any atom is -0.406 e. The van der Waals surface area contributed by atoms with Crippen molar-refractivity contribution < 1.29 is 45.0 Å². The predicted octanol–water partition coefficient (Wildman–Crippen LogP) is 4.97. The Morgan fingerprint density at radius 3 is 2.22 bits per heavy atom. The molecule has 0 aliphatic heterocycles. The van der Waals surface area contributed by atoms with Crippen LogP contribution in [0.15, 0.2) is 42.5 Å². The minimum absolute atomic E-state index is 0.0825. The van der Waals surface area contributed by atoms with Crippen molar-refractivity contribution in [1.82, 2.24) is 5.32 Å². The Kier molecular flexibility index (Phi) is 7.35. The number of rotatable bonds is 7. The summed E-state index contributed by atoms with van der Waals surface area (Å²) in [5.41, 5.74) is -3.06. The van der Waals surface area contributed by atoms with Crippen LogP contribution in [0.4, 0.5) is 30.7 Å². The minimum atomic E-state index is -4.90. The third kappa shape index (κ3) is 7.42. The first-order valence-electron chi connectivity index (χ1n) is 8.75. The predicted molar refractivity (Wildman–Crippen MR) is 95.7 cm³/mol. The zero-order valence-corrected chi connectivity index (χ0v) is 16.3. The number of carbonyl (C=O) groups is 1. The Bertz CT molecular complexity index is 998. The lowest BCUT2D eigenvalue weighted by molar-refractivity contribution is -0.274. The topological polar surface area (TPSA) is 71.3 Å². The Labute approximate surface area is 177 Å². The molecule has 0 saturated carbocycles. The number of nitriles is 1. The van der Waals surface area contributed by atoms with E-state index in [1.165, 1.54) is 6.92 Å². The molecule has 32 heavy (non-hydrogen) atoms. The number of hydrogen-bond donors (Lipinski definition) is 1. The third-order valence-electron chi connectivity index (χ3n) is 3.93. The second-order valence-electron chi connectivity index (χ2n) is 6.81. The number of carbonyl (C=O) groups excluding carboxylic acids is 1. The summed E-state index contributed by atoms with van der Waals surface area (Å²) in [7, 11) is 0. The van der Waals surface area contributed by atoms with E-state index in [4.69, 9.17) is 4.74 Å². The zero-order valence-electron chi connectivity index (χ0n) is 16.3. The quantitative estimate of drug-likeness (QED) is 0.588. The largest absolute Gasteiger partial charge is 0.573 e. The van der Waals surface area contributed by atoms with Crippen LogP contribution in [0.1, 0.15) is 28.4 Å². The molecule has 172 valence electrons. The van der Waals surface area contributed by atoms with Gasteiger partial charge in [0.05, 0.1) is 24.8 Å². The molecule has 0 spiro atoms. The Morgan fingerprint density at radius 1 is 1.06 bits per heavy atom. The summed E-state index contributed by atoms with van der Waals surface area (Å²) in [5, 5.41) is 11.7. The number of amides is 1. The molecule has 1 N–H and O–H groups in total. The zero-order chi connectivity index (χ0) is 24.2. The van der Waals surface area contributed by atoms with Crippen LogP contribution >= 0.6 is 0 Å². The Balaban J connectivity index is 2.00. The molecule has 12 heteroatoms. The van der Waals surface area contributed by atoms with Gasteiger partial charge in [-0.2, -0.15) is 18.4 Å². The highest BCUT2D eigenvalue weighted by atomic mass is 19.4. The van der Waals surface area contributed by atoms with Gasteiger partial charge in [-0.1, -0.05) is 0 Å². The fourth-order valence-electron chi connectivity index (χ4n) is 2.50. The van der Waals surface area contributed by atoms with E-state index in [-0.39, 0.29) is 11.1 Å². The first-order chi connectivity index (χ1) is 14.7. The molecule has 2 aromatic carbocycles. The fraction of sp³-hybridized carbons (Fsp3) is 0.300. The number of benzene rings is 2. The summed E-state index contributed by atoms with van der Waals surface area (Å²) in [6.07, 6.45) is -9.66. The average Bonchev–Trinajstić information content (AvgIpc) is 2.66. The maximum atomic E-state index is 13.4. The van der Waals surface area contributed by atoms with Crippen LogP contribution in [0.25, 0.3) is 0 Å². The summed E-state index contributed by atoms with van der Waals surface area (Å²) in [6, 6.07) is 7.52. The molecule has 0 saturated heterocycles. The van der Waals surface area contributed by atoms with E-state index in [0.717, 1.165) is 30.3 Å². The second-order valence-corrected chi connectivity index (χ2v) is 6.81. The highest BCUT2D eigenvalue weighted by molar-refractivity contribution is 5.95. The van der Waals surface area contributed by atoms with Crippen molar-refractivity contribution in [3.8, 4) is 11.8 Å². The second kappa shape index (κ2) is 9.44. The molecule has 2 rings (SSSR count). The summed E-state index contributed by atoms with van der Waals surface area (Å²) >= 11 is 0. The molecule has 0 bridgehead atoms. The lowest BCUT2D eigenvalue weighted by Crippen LogP contribution is -2.48. The van der Waals surface area contributed by atoms with Crippen molar-refractivity contribution in [3.05, 3.63) is 65.0 Å². The maximum absolute atomic E-state index is 13.4. The summed E-state index contributed by atoms with van der Waals surface area (Å²) in [4.78, 5) is 12.3. The van der Waals surface area contributed by atoms with Gasteiger partial charge in [0.15, 0.2) is 0 Å². The Hall–Kier alpha value is -3.33. The van der Waals surface area contributed by atoms with Gasteiger partial charge in [-0.05, 0) is 55.0 Å². The van der Waals surface area contributed by atoms with Gasteiger partial charge in [-0.15, -0.1) is 13.2 Å². The maximum Gasteiger partial charge on any atom is 0.573 e. The first-order valence-corrected chi connectivity index (χ1v) is 8.75. The highest BCUT2D eigenvalue weighted by Crippen LogP contribution is 2.30. The smallest absolute Gasteiger partial charge is 0.406 e. The highest BCUT2D eigenvalue weighted by Gasteiger charge is 2.32. The van der Waals surface area contributed by atoms with Crippen molar-refractivity contribution in [2.45, 2.75) is 31.6 Å². The van der Waals surface area contributed by atoms with Gasteiger partial charge in [-0.25, -0.2) is 4.39 Å². The SMILES string of the molecule is CC(C#N)(COCc1cc(F)cc(C(F)(F)F)c1)NC(=O)c1ccc(OC(F)(F)F)cc1. The number of ether oxygens (including phenoxy) is 2. The van der Waals surface area contributed by atoms with E-state index >= 15 is 0 Å². The summed E-state index contributed by atoms with van der Waals surface area (Å²) < 4.78 is 97.2. The van der Waals surface area contributed by atoms with Crippen LogP contribution in [0.2, 0.25) is 0 Å². The van der Waals surface area contributed by atoms with E-state index in [9.17, 15) is 40.8 Å². The number of hydrogen-bond acceptors (Lipinski definition) is 4. The molecule has 2 aromatic rings. The monoisotopic (exact) mass is 464 g/mol. The molecular formula is C20H15F7N2O3. The van der Waals surface area contributed by atoms with E-state index in [2.05, 4.69) is 10.1 Å². The molecule has 0 aliphatic carbocycles. The lowest BCUT2D eigenvalue weighted by atomic mass is 10.0. The Morgan fingerprint density at radius 2 is 1.69 bits per heavy atom. The van der Waals surface area contributed by atoms with E-state index in [1.807, 2.05) is 0 Å². The van der Waals surface area contributed by atoms with Crippen molar-refractivity contribution in [2.75, 3.05) is 6.61 Å². The number of alkyl halides is 6. The molecular weight excluding hydrogens is 449 g/mol. The molecule has 0 fully saturated rings. The van der Waals surface area contributed by atoms with Gasteiger partial charge in [0.25, 0.3) is 5.91 Å². The van der Waals surface area contributed by atoms with Crippen LogP contribution in [0.3, 0.4) is 0 Å². The van der Waals surface area contributed by atoms with Crippen molar-refractivity contribution in [2.24, 2.45) is 0 Å². The molecule has 0 radical (unpaired) electrons. The van der Waals surface area contributed by atoms with Gasteiger partial charge in [0.2, 0.25) is 0 Å². The van der Waals surface area contributed by atoms with E-state index < -0.39 is 54.3 Å². The molecule has 5 nitrogen and oxygen atoms in total. The number of nitrogens with zero attached hydrogens (tertiary/aromatic N) is 1. The standard InChI is InChI=1S/C20H15F7N2O3/c1-18(10-28,11-31-9-12-6-14(19(22,23)24)8-15(21)7-12)29-17(30)13-2-4-16(5-3-13)32-20(25,26)27/h2-8H,9,11H2,1H3,(H,29,30). The van der Waals surface area contributed by atoms with Crippen LogP contribution < -0.4 is 10.1 Å². The molecule has 1 atom stereocenters. The fourth-order valence-corrected chi connectivity index (χ4v) is 2.50. The van der Waals surface area contributed by atoms with Crippen molar-refractivity contribution in [1.29, 1.82) is 5.26 Å². The molecule has 0 aliphatic rings. The van der Waals surface area contributed by atoms with Crippen molar-refractivity contribution in [3.63, 3.8) is 0 Å². The first kappa shape index (κ1) is 24.9. The normalized spacial score (nSPS) is 13.7. The molecule has 1 unspecified atom stereocenters. The number of halogens is 7.